The van der Waals surface area contributed by atoms with E-state index in [2.05, 4.69) is 20.3 Å². The maximum absolute atomic E-state index is 13.1. The summed E-state index contributed by atoms with van der Waals surface area (Å²) in [4.78, 5) is 19.2. The molecule has 3 heterocycles. The second kappa shape index (κ2) is 7.77. The zero-order valence-electron chi connectivity index (χ0n) is 15.4. The highest BCUT2D eigenvalue weighted by molar-refractivity contribution is 6.04. The first kappa shape index (κ1) is 18.1. The molecule has 2 aromatic heterocycles. The minimum Gasteiger partial charge on any atom is -0.378 e. The van der Waals surface area contributed by atoms with Crippen LogP contribution in [-0.2, 0) is 4.74 Å². The number of benzene rings is 1. The van der Waals surface area contributed by atoms with Gasteiger partial charge in [-0.25, -0.2) is 14.1 Å². The Balaban J connectivity index is 1.47. The van der Waals surface area contributed by atoms with Gasteiger partial charge in [-0.15, -0.1) is 0 Å². The van der Waals surface area contributed by atoms with Crippen LogP contribution in [0.1, 0.15) is 16.1 Å². The average molecular weight is 381 g/mol. The molecular formula is C20H20FN5O2. The highest BCUT2D eigenvalue weighted by Gasteiger charge is 2.16. The molecular weight excluding hydrogens is 361 g/mol. The quantitative estimate of drug-likeness (QED) is 0.752. The molecule has 1 aromatic carbocycles. The first-order valence-electron chi connectivity index (χ1n) is 9.02. The van der Waals surface area contributed by atoms with Gasteiger partial charge in [-0.1, -0.05) is 0 Å². The molecule has 1 amide bonds. The Labute approximate surface area is 161 Å². The van der Waals surface area contributed by atoms with Crippen molar-refractivity contribution < 1.29 is 13.9 Å². The van der Waals surface area contributed by atoms with Crippen molar-refractivity contribution in [2.45, 2.75) is 6.92 Å². The number of ether oxygens (including phenoxy) is 1. The number of anilines is 2. The van der Waals surface area contributed by atoms with E-state index in [1.165, 1.54) is 18.3 Å². The molecule has 28 heavy (non-hydrogen) atoms. The van der Waals surface area contributed by atoms with E-state index in [1.807, 2.05) is 12.1 Å². The van der Waals surface area contributed by atoms with Crippen molar-refractivity contribution in [2.24, 2.45) is 0 Å². The zero-order chi connectivity index (χ0) is 19.5. The number of carbonyl (C=O) groups excluding carboxylic acids is 1. The number of pyridine rings is 1. The molecule has 0 saturated carbocycles. The second-order valence-electron chi connectivity index (χ2n) is 6.49. The minimum absolute atomic E-state index is 0.271. The number of nitrogens with one attached hydrogen (secondary N) is 1. The Hall–Kier alpha value is -3.26. The molecule has 144 valence electrons. The maximum Gasteiger partial charge on any atom is 0.259 e. The smallest absolute Gasteiger partial charge is 0.259 e. The lowest BCUT2D eigenvalue weighted by molar-refractivity contribution is 0.102. The number of amides is 1. The van der Waals surface area contributed by atoms with E-state index < -0.39 is 0 Å². The summed E-state index contributed by atoms with van der Waals surface area (Å²) in [7, 11) is 0. The predicted molar refractivity (Wildman–Crippen MR) is 103 cm³/mol. The molecule has 1 aliphatic heterocycles. The largest absolute Gasteiger partial charge is 0.378 e. The zero-order valence-corrected chi connectivity index (χ0v) is 15.4. The second-order valence-corrected chi connectivity index (χ2v) is 6.49. The Morgan fingerprint density at radius 2 is 1.86 bits per heavy atom. The summed E-state index contributed by atoms with van der Waals surface area (Å²) >= 11 is 0. The number of halogens is 1. The van der Waals surface area contributed by atoms with Crippen molar-refractivity contribution in [3.63, 3.8) is 0 Å². The summed E-state index contributed by atoms with van der Waals surface area (Å²) in [5.74, 6) is 0.271. The summed E-state index contributed by atoms with van der Waals surface area (Å²) in [6, 6.07) is 9.66. The van der Waals surface area contributed by atoms with Gasteiger partial charge < -0.3 is 15.0 Å². The van der Waals surface area contributed by atoms with Gasteiger partial charge in [0.1, 0.15) is 11.6 Å². The molecule has 0 unspecified atom stereocenters. The van der Waals surface area contributed by atoms with Crippen molar-refractivity contribution in [3.05, 3.63) is 65.9 Å². The SMILES string of the molecule is Cc1c(C(=O)Nc2ccc(N3CCOCC3)nc2)cnn1-c1ccc(F)cc1. The van der Waals surface area contributed by atoms with Gasteiger partial charge >= 0.3 is 0 Å². The van der Waals surface area contributed by atoms with Gasteiger partial charge in [-0.3, -0.25) is 4.79 Å². The monoisotopic (exact) mass is 381 g/mol. The van der Waals surface area contributed by atoms with Gasteiger partial charge in [0.05, 0.1) is 48.2 Å². The third-order valence-corrected chi connectivity index (χ3v) is 4.67. The van der Waals surface area contributed by atoms with Crippen LogP contribution in [0.3, 0.4) is 0 Å². The van der Waals surface area contributed by atoms with Gasteiger partial charge in [0.2, 0.25) is 0 Å². The third-order valence-electron chi connectivity index (χ3n) is 4.67. The van der Waals surface area contributed by atoms with E-state index >= 15 is 0 Å². The van der Waals surface area contributed by atoms with Crippen molar-refractivity contribution >= 4 is 17.4 Å². The maximum atomic E-state index is 13.1. The number of morpholine rings is 1. The lowest BCUT2D eigenvalue weighted by Crippen LogP contribution is -2.36. The first-order valence-corrected chi connectivity index (χ1v) is 9.02. The standard InChI is InChI=1S/C20H20FN5O2/c1-14-18(13-23-26(14)17-5-2-15(21)3-6-17)20(27)24-16-4-7-19(22-12-16)25-8-10-28-11-9-25/h2-7,12-13H,8-11H2,1H3,(H,24,27). The van der Waals surface area contributed by atoms with Gasteiger partial charge in [0, 0.05) is 13.1 Å². The van der Waals surface area contributed by atoms with Crippen LogP contribution in [0.2, 0.25) is 0 Å². The molecule has 0 radical (unpaired) electrons. The van der Waals surface area contributed by atoms with Crippen LogP contribution in [0, 0.1) is 12.7 Å². The van der Waals surface area contributed by atoms with E-state index in [0.717, 1.165) is 18.9 Å². The number of hydrogen-bond acceptors (Lipinski definition) is 5. The highest BCUT2D eigenvalue weighted by atomic mass is 19.1. The van der Waals surface area contributed by atoms with Gasteiger partial charge in [-0.2, -0.15) is 5.10 Å². The first-order chi connectivity index (χ1) is 13.6. The molecule has 1 fully saturated rings. The third kappa shape index (κ3) is 3.72. The van der Waals surface area contributed by atoms with Crippen LogP contribution in [0.25, 0.3) is 5.69 Å². The summed E-state index contributed by atoms with van der Waals surface area (Å²) < 4.78 is 20.1. The van der Waals surface area contributed by atoms with Crippen molar-refractivity contribution in [1.29, 1.82) is 0 Å². The summed E-state index contributed by atoms with van der Waals surface area (Å²) in [6.07, 6.45) is 3.14. The van der Waals surface area contributed by atoms with Crippen LogP contribution in [0.15, 0.2) is 48.8 Å². The molecule has 0 aliphatic carbocycles. The molecule has 1 aliphatic rings. The molecule has 1 saturated heterocycles. The lowest BCUT2D eigenvalue weighted by atomic mass is 10.2. The molecule has 0 spiro atoms. The topological polar surface area (TPSA) is 72.3 Å². The molecule has 7 nitrogen and oxygen atoms in total. The Morgan fingerprint density at radius 1 is 1.11 bits per heavy atom. The Bertz CT molecular complexity index is 963. The Kier molecular flexibility index (Phi) is 5.03. The highest BCUT2D eigenvalue weighted by Crippen LogP contribution is 2.18. The van der Waals surface area contributed by atoms with Crippen LogP contribution in [0.5, 0.6) is 0 Å². The molecule has 1 N–H and O–H groups in total. The molecule has 0 atom stereocenters. The van der Waals surface area contributed by atoms with E-state index in [4.69, 9.17) is 4.74 Å². The number of rotatable bonds is 4. The summed E-state index contributed by atoms with van der Waals surface area (Å²) in [6.45, 7) is 4.79. The van der Waals surface area contributed by atoms with Crippen molar-refractivity contribution in [1.82, 2.24) is 14.8 Å². The Morgan fingerprint density at radius 3 is 2.54 bits per heavy atom. The van der Waals surface area contributed by atoms with Gasteiger partial charge in [0.25, 0.3) is 5.91 Å². The van der Waals surface area contributed by atoms with Crippen LogP contribution in [-0.4, -0.2) is 47.0 Å². The van der Waals surface area contributed by atoms with Crippen LogP contribution < -0.4 is 10.2 Å². The number of aromatic nitrogens is 3. The van der Waals surface area contributed by atoms with Gasteiger partial charge in [0.15, 0.2) is 0 Å². The fraction of sp³-hybridized carbons (Fsp3) is 0.250. The van der Waals surface area contributed by atoms with Gasteiger partial charge in [-0.05, 0) is 43.3 Å². The van der Waals surface area contributed by atoms with E-state index in [9.17, 15) is 9.18 Å². The van der Waals surface area contributed by atoms with E-state index in [1.54, 1.807) is 29.9 Å². The van der Waals surface area contributed by atoms with E-state index in [-0.39, 0.29) is 11.7 Å². The van der Waals surface area contributed by atoms with Crippen LogP contribution >= 0.6 is 0 Å². The number of nitrogens with zero attached hydrogens (tertiary/aromatic N) is 4. The summed E-state index contributed by atoms with van der Waals surface area (Å²) in [5.41, 5.74) is 2.41. The lowest BCUT2D eigenvalue weighted by Gasteiger charge is -2.27. The molecule has 4 rings (SSSR count). The van der Waals surface area contributed by atoms with Crippen molar-refractivity contribution in [3.8, 4) is 5.69 Å². The average Bonchev–Trinajstić information content (AvgIpc) is 3.11. The normalized spacial score (nSPS) is 14.1. The van der Waals surface area contributed by atoms with E-state index in [0.29, 0.717) is 35.8 Å². The molecule has 3 aromatic rings. The summed E-state index contributed by atoms with van der Waals surface area (Å²) in [5, 5.41) is 7.10. The molecule has 8 heteroatoms. The number of hydrogen-bond donors (Lipinski definition) is 1. The molecule has 0 bridgehead atoms. The van der Waals surface area contributed by atoms with Crippen LogP contribution in [0.4, 0.5) is 15.9 Å². The predicted octanol–water partition coefficient (Wildman–Crippen LogP) is 2.80. The fourth-order valence-electron chi connectivity index (χ4n) is 3.11. The minimum atomic E-state index is -0.320. The fourth-order valence-corrected chi connectivity index (χ4v) is 3.11. The van der Waals surface area contributed by atoms with Crippen molar-refractivity contribution in [2.75, 3.05) is 36.5 Å². The number of carbonyl (C=O) groups is 1.